The molecule has 132 valence electrons. The second kappa shape index (κ2) is 9.25. The fourth-order valence-electron chi connectivity index (χ4n) is 2.67. The number of carbonyl (C=O) groups is 1. The van der Waals surface area contributed by atoms with Crippen molar-refractivity contribution in [1.29, 1.82) is 0 Å². The van der Waals surface area contributed by atoms with Crippen molar-refractivity contribution in [3.63, 3.8) is 0 Å². The van der Waals surface area contributed by atoms with Crippen molar-refractivity contribution in [2.24, 2.45) is 5.73 Å². The Bertz CT molecular complexity index is 594. The molecule has 1 aliphatic rings. The van der Waals surface area contributed by atoms with E-state index >= 15 is 0 Å². The molecule has 0 unspecified atom stereocenters. The van der Waals surface area contributed by atoms with Crippen LogP contribution < -0.4 is 15.8 Å². The average Bonchev–Trinajstić information content (AvgIpc) is 2.55. The zero-order chi connectivity index (χ0) is 17.5. The summed E-state index contributed by atoms with van der Waals surface area (Å²) >= 11 is 12.3. The quantitative estimate of drug-likeness (QED) is 0.782. The molecular formula is C17H21Cl2FN2O2. The molecule has 0 atom stereocenters. The van der Waals surface area contributed by atoms with Crippen molar-refractivity contribution in [2.75, 3.05) is 13.2 Å². The van der Waals surface area contributed by atoms with Crippen LogP contribution in [0.15, 0.2) is 24.0 Å². The number of hydrogen-bond donors (Lipinski definition) is 2. The van der Waals surface area contributed by atoms with Gasteiger partial charge >= 0.3 is 0 Å². The number of benzene rings is 1. The minimum Gasteiger partial charge on any atom is -0.483 e. The van der Waals surface area contributed by atoms with E-state index in [2.05, 4.69) is 5.32 Å². The van der Waals surface area contributed by atoms with E-state index in [1.54, 1.807) is 0 Å². The van der Waals surface area contributed by atoms with Gasteiger partial charge < -0.3 is 15.8 Å². The number of amides is 1. The lowest BCUT2D eigenvalue weighted by Gasteiger charge is -2.23. The third-order valence-corrected chi connectivity index (χ3v) is 4.46. The molecule has 1 aromatic rings. The Morgan fingerprint density at radius 1 is 1.29 bits per heavy atom. The van der Waals surface area contributed by atoms with Gasteiger partial charge in [0.2, 0.25) is 0 Å². The topological polar surface area (TPSA) is 64.3 Å². The Hall–Kier alpha value is -1.30. The largest absolute Gasteiger partial charge is 0.483 e. The molecule has 2 rings (SSSR count). The van der Waals surface area contributed by atoms with E-state index in [0.717, 1.165) is 25.7 Å². The molecule has 1 saturated carbocycles. The fraction of sp³-hybridized carbons (Fsp3) is 0.471. The summed E-state index contributed by atoms with van der Waals surface area (Å²) < 4.78 is 18.6. The standard InChI is InChI=1S/C17H21Cl2FN2O2/c18-14-8-11(17(23)22-13-4-2-1-3-5-13)9-15(19)16(14)24-10-12(20)6-7-21/h6,8-9,13H,1-5,7,10,21H2,(H,22,23)/b12-6-. The lowest BCUT2D eigenvalue weighted by molar-refractivity contribution is 0.0927. The normalized spacial score (nSPS) is 16.1. The molecule has 24 heavy (non-hydrogen) atoms. The monoisotopic (exact) mass is 374 g/mol. The first kappa shape index (κ1) is 19.0. The molecular weight excluding hydrogens is 354 g/mol. The maximum absolute atomic E-state index is 13.3. The van der Waals surface area contributed by atoms with E-state index in [4.69, 9.17) is 33.7 Å². The maximum Gasteiger partial charge on any atom is 0.251 e. The van der Waals surface area contributed by atoms with Crippen molar-refractivity contribution >= 4 is 29.1 Å². The van der Waals surface area contributed by atoms with Crippen molar-refractivity contribution in [3.8, 4) is 5.75 Å². The van der Waals surface area contributed by atoms with E-state index in [1.807, 2.05) is 0 Å². The molecule has 0 heterocycles. The summed E-state index contributed by atoms with van der Waals surface area (Å²) in [6.45, 7) is -0.235. The molecule has 3 N–H and O–H groups in total. The minimum atomic E-state index is -0.510. The second-order valence-corrected chi connectivity index (χ2v) is 6.57. The molecule has 4 nitrogen and oxygen atoms in total. The zero-order valence-corrected chi connectivity index (χ0v) is 14.8. The molecule has 1 aromatic carbocycles. The first-order chi connectivity index (χ1) is 11.5. The van der Waals surface area contributed by atoms with Crippen molar-refractivity contribution in [3.05, 3.63) is 39.6 Å². The number of nitrogens with one attached hydrogen (secondary N) is 1. The van der Waals surface area contributed by atoms with Crippen LogP contribution in [0.1, 0.15) is 42.5 Å². The summed E-state index contributed by atoms with van der Waals surface area (Å²) in [6.07, 6.45) is 6.64. The Kier molecular flexibility index (Phi) is 7.34. The fourth-order valence-corrected chi connectivity index (χ4v) is 3.27. The number of ether oxygens (including phenoxy) is 1. The highest BCUT2D eigenvalue weighted by Gasteiger charge is 2.19. The van der Waals surface area contributed by atoms with Gasteiger partial charge in [-0.3, -0.25) is 4.79 Å². The van der Waals surface area contributed by atoms with Gasteiger partial charge in [0, 0.05) is 18.2 Å². The van der Waals surface area contributed by atoms with E-state index in [1.165, 1.54) is 24.6 Å². The van der Waals surface area contributed by atoms with E-state index in [9.17, 15) is 9.18 Å². The smallest absolute Gasteiger partial charge is 0.251 e. The van der Waals surface area contributed by atoms with Crippen LogP contribution in [-0.2, 0) is 0 Å². The van der Waals surface area contributed by atoms with E-state index in [0.29, 0.717) is 5.56 Å². The molecule has 1 fully saturated rings. The number of rotatable bonds is 6. The molecule has 0 radical (unpaired) electrons. The van der Waals surface area contributed by atoms with Gasteiger partial charge in [-0.05, 0) is 31.1 Å². The number of halogens is 3. The van der Waals surface area contributed by atoms with Gasteiger partial charge in [-0.15, -0.1) is 0 Å². The first-order valence-corrected chi connectivity index (χ1v) is 8.74. The predicted octanol–water partition coefficient (Wildman–Crippen LogP) is 4.25. The van der Waals surface area contributed by atoms with Crippen LogP contribution in [0.3, 0.4) is 0 Å². The van der Waals surface area contributed by atoms with Crippen molar-refractivity contribution in [2.45, 2.75) is 38.1 Å². The van der Waals surface area contributed by atoms with Gasteiger partial charge in [0.05, 0.1) is 10.0 Å². The maximum atomic E-state index is 13.3. The third kappa shape index (κ3) is 5.36. The molecule has 0 bridgehead atoms. The summed E-state index contributed by atoms with van der Waals surface area (Å²) in [5.41, 5.74) is 5.58. The number of carbonyl (C=O) groups excluding carboxylic acids is 1. The second-order valence-electron chi connectivity index (χ2n) is 5.75. The van der Waals surface area contributed by atoms with Crippen molar-refractivity contribution in [1.82, 2.24) is 5.32 Å². The molecule has 0 aromatic heterocycles. The van der Waals surface area contributed by atoms with Gasteiger partial charge in [0.15, 0.2) is 5.75 Å². The predicted molar refractivity (Wildman–Crippen MR) is 94.5 cm³/mol. The number of hydrogen-bond acceptors (Lipinski definition) is 3. The van der Waals surface area contributed by atoms with Crippen LogP contribution in [0.4, 0.5) is 4.39 Å². The van der Waals surface area contributed by atoms with Crippen LogP contribution in [0.25, 0.3) is 0 Å². The van der Waals surface area contributed by atoms with E-state index in [-0.39, 0.29) is 40.9 Å². The lowest BCUT2D eigenvalue weighted by atomic mass is 9.95. The number of nitrogens with two attached hydrogens (primary N) is 1. The highest BCUT2D eigenvalue weighted by Crippen LogP contribution is 2.34. The van der Waals surface area contributed by atoms with Gasteiger partial charge in [0.1, 0.15) is 12.4 Å². The van der Waals surface area contributed by atoms with Crippen molar-refractivity contribution < 1.29 is 13.9 Å². The molecule has 7 heteroatoms. The summed E-state index contributed by atoms with van der Waals surface area (Å²) in [6, 6.07) is 3.15. The van der Waals surface area contributed by atoms with Gasteiger partial charge in [0.25, 0.3) is 5.91 Å². The minimum absolute atomic E-state index is 0.0803. The lowest BCUT2D eigenvalue weighted by Crippen LogP contribution is -2.36. The van der Waals surface area contributed by atoms with Crippen LogP contribution in [-0.4, -0.2) is 25.1 Å². The highest BCUT2D eigenvalue weighted by molar-refractivity contribution is 6.37. The Labute approximate surface area is 151 Å². The Morgan fingerprint density at radius 3 is 2.50 bits per heavy atom. The first-order valence-electron chi connectivity index (χ1n) is 7.98. The Morgan fingerprint density at radius 2 is 1.92 bits per heavy atom. The molecule has 1 amide bonds. The summed E-state index contributed by atoms with van der Waals surface area (Å²) in [4.78, 5) is 12.3. The molecule has 1 aliphatic carbocycles. The van der Waals surface area contributed by atoms with Crippen LogP contribution >= 0.6 is 23.2 Å². The van der Waals surface area contributed by atoms with Gasteiger partial charge in [-0.25, -0.2) is 4.39 Å². The van der Waals surface area contributed by atoms with Crippen LogP contribution in [0.5, 0.6) is 5.75 Å². The molecule has 0 spiro atoms. The third-order valence-electron chi connectivity index (χ3n) is 3.89. The summed E-state index contributed by atoms with van der Waals surface area (Å²) in [5, 5.41) is 3.32. The summed E-state index contributed by atoms with van der Waals surface area (Å²) in [5.74, 6) is -0.580. The molecule has 0 saturated heterocycles. The van der Waals surface area contributed by atoms with Gasteiger partial charge in [-0.2, -0.15) is 0 Å². The summed E-state index contributed by atoms with van der Waals surface area (Å²) in [7, 11) is 0. The highest BCUT2D eigenvalue weighted by atomic mass is 35.5. The van der Waals surface area contributed by atoms with E-state index < -0.39 is 5.83 Å². The van der Waals surface area contributed by atoms with Crippen LogP contribution in [0, 0.1) is 0 Å². The molecule has 0 aliphatic heterocycles. The van der Waals surface area contributed by atoms with Crippen LogP contribution in [0.2, 0.25) is 10.0 Å². The SMILES string of the molecule is NC/C=C(\F)COc1c(Cl)cc(C(=O)NC2CCCCC2)cc1Cl. The zero-order valence-electron chi connectivity index (χ0n) is 13.3. The van der Waals surface area contributed by atoms with Gasteiger partial charge in [-0.1, -0.05) is 42.5 Å². The average molecular weight is 375 g/mol. The Balaban J connectivity index is 2.04.